The molecule has 2 aromatic rings. The minimum atomic E-state index is -1.62. The number of nitrogens with zero attached hydrogens (tertiary/aromatic N) is 2. The maximum Gasteiger partial charge on any atom is 0.345 e. The van der Waals surface area contributed by atoms with Crippen molar-refractivity contribution in [1.29, 1.82) is 0 Å². The second kappa shape index (κ2) is 22.1. The summed E-state index contributed by atoms with van der Waals surface area (Å²) in [6.45, 7) is -0.264. The van der Waals surface area contributed by atoms with Gasteiger partial charge in [0.25, 0.3) is 5.91 Å². The number of aliphatic hydroxyl groups is 8. The lowest BCUT2D eigenvalue weighted by Gasteiger charge is -2.47. The van der Waals surface area contributed by atoms with Crippen molar-refractivity contribution in [2.75, 3.05) is 25.1 Å². The normalized spacial score (nSPS) is 39.2. The molecule has 1 aromatic carbocycles. The monoisotopic (exact) mass is 922 g/mol. The number of carbonyl (C=O) groups excluding carboxylic acids is 2. The molecular formula is C35H54N8O19S. The number of esters is 1. The maximum absolute atomic E-state index is 12.1. The van der Waals surface area contributed by atoms with Gasteiger partial charge in [-0.3, -0.25) is 25.0 Å². The number of amides is 1. The molecule has 1 amide bonds. The van der Waals surface area contributed by atoms with Gasteiger partial charge in [-0.25, -0.2) is 4.98 Å². The van der Waals surface area contributed by atoms with Gasteiger partial charge in [0, 0.05) is 25.6 Å². The van der Waals surface area contributed by atoms with Crippen LogP contribution in [-0.4, -0.2) is 199 Å². The number of carbonyl (C=O) groups is 2. The number of hydrogen-bond donors (Lipinski definition) is 14. The Morgan fingerprint density at radius 2 is 1.35 bits per heavy atom. The molecule has 4 fully saturated rings. The zero-order valence-electron chi connectivity index (χ0n) is 33.4. The number of anilines is 1. The zero-order chi connectivity index (χ0) is 46.4. The Morgan fingerprint density at radius 3 is 1.92 bits per heavy atom. The van der Waals surface area contributed by atoms with Crippen LogP contribution < -0.4 is 38.7 Å². The summed E-state index contributed by atoms with van der Waals surface area (Å²) >= 11 is 0.734. The predicted molar refractivity (Wildman–Crippen MR) is 211 cm³/mol. The molecule has 0 unspecified atom stereocenters. The molecule has 19 atom stereocenters. The molecule has 4 aliphatic rings. The minimum Gasteiger partial charge on any atom is -0.426 e. The highest BCUT2D eigenvalue weighted by molar-refractivity contribution is 7.18. The fourth-order valence-electron chi connectivity index (χ4n) is 7.17. The van der Waals surface area contributed by atoms with Crippen molar-refractivity contribution in [3.63, 3.8) is 0 Å². The van der Waals surface area contributed by atoms with Gasteiger partial charge in [0.15, 0.2) is 24.0 Å². The molecule has 354 valence electrons. The van der Waals surface area contributed by atoms with Crippen LogP contribution in [0.5, 0.6) is 5.75 Å². The van der Waals surface area contributed by atoms with E-state index in [0.29, 0.717) is 0 Å². The number of benzene rings is 1. The zero-order valence-corrected chi connectivity index (χ0v) is 34.3. The Kier molecular flexibility index (Phi) is 17.7. The number of para-hydroxylation sites is 1. The number of aromatic nitrogens is 1. The topological polar surface area (TPSA) is 459 Å². The molecule has 0 spiro atoms. The first-order valence-electron chi connectivity index (χ1n) is 19.5. The van der Waals surface area contributed by atoms with E-state index in [2.05, 4.69) is 10.3 Å². The summed E-state index contributed by atoms with van der Waals surface area (Å²) in [5.41, 5.74) is 30.0. The van der Waals surface area contributed by atoms with Gasteiger partial charge in [-0.15, -0.1) is 0 Å². The average Bonchev–Trinajstić information content (AvgIpc) is 3.84. The van der Waals surface area contributed by atoms with Crippen LogP contribution in [0.25, 0.3) is 0 Å². The summed E-state index contributed by atoms with van der Waals surface area (Å²) < 4.78 is 39.3. The first-order chi connectivity index (χ1) is 29.8. The highest BCUT2D eigenvalue weighted by Gasteiger charge is 2.54. The van der Waals surface area contributed by atoms with E-state index in [1.807, 2.05) is 0 Å². The molecule has 3 aliphatic heterocycles. The summed E-state index contributed by atoms with van der Waals surface area (Å²) in [4.78, 5) is 36.8. The Bertz CT molecular complexity index is 1840. The van der Waals surface area contributed by atoms with E-state index in [1.54, 1.807) is 12.1 Å². The summed E-state index contributed by atoms with van der Waals surface area (Å²) in [7, 11) is 0. The summed E-state index contributed by atoms with van der Waals surface area (Å²) in [6, 6.07) is 1.86. The highest BCUT2D eigenvalue weighted by Crippen LogP contribution is 2.34. The third-order valence-corrected chi connectivity index (χ3v) is 11.5. The molecule has 3 saturated heterocycles. The Balaban J connectivity index is 0.000000298. The molecule has 27 nitrogen and oxygen atoms in total. The first-order valence-corrected chi connectivity index (χ1v) is 20.3. The Morgan fingerprint density at radius 1 is 0.794 bits per heavy atom. The lowest BCUT2D eigenvalue weighted by Crippen LogP contribution is -2.68. The third kappa shape index (κ3) is 11.6. The van der Waals surface area contributed by atoms with Crippen LogP contribution in [0.1, 0.15) is 23.7 Å². The molecule has 0 radical (unpaired) electrons. The van der Waals surface area contributed by atoms with Crippen molar-refractivity contribution in [1.82, 2.24) is 4.98 Å². The Hall–Kier alpha value is -3.57. The van der Waals surface area contributed by atoms with E-state index >= 15 is 0 Å². The quantitative estimate of drug-likeness (QED) is 0.0384. The molecule has 1 saturated carbocycles. The van der Waals surface area contributed by atoms with Crippen molar-refractivity contribution < 1.29 is 88.5 Å². The maximum atomic E-state index is 12.1. The molecule has 19 N–H and O–H groups in total. The van der Waals surface area contributed by atoms with Gasteiger partial charge in [0.05, 0.1) is 41.9 Å². The second-order valence-electron chi connectivity index (χ2n) is 15.0. The molecule has 1 aromatic heterocycles. The van der Waals surface area contributed by atoms with Crippen molar-refractivity contribution in [2.45, 2.75) is 130 Å². The van der Waals surface area contributed by atoms with Gasteiger partial charge in [0.2, 0.25) is 0 Å². The lowest BCUT2D eigenvalue weighted by atomic mass is 9.84. The van der Waals surface area contributed by atoms with Gasteiger partial charge >= 0.3 is 11.0 Å². The average molecular weight is 923 g/mol. The van der Waals surface area contributed by atoms with E-state index < -0.39 is 146 Å². The van der Waals surface area contributed by atoms with Gasteiger partial charge in [-0.05, 0) is 29.9 Å². The van der Waals surface area contributed by atoms with Crippen LogP contribution in [0.2, 0.25) is 0 Å². The largest absolute Gasteiger partial charge is 0.426 e. The number of hydrogen-bond acceptors (Lipinski definition) is 26. The van der Waals surface area contributed by atoms with E-state index in [9.17, 15) is 60.6 Å². The Labute approximate surface area is 361 Å². The molecule has 63 heavy (non-hydrogen) atoms. The van der Waals surface area contributed by atoms with Crippen LogP contribution >= 0.6 is 11.3 Å². The molecule has 0 bridgehead atoms. The fourth-order valence-corrected chi connectivity index (χ4v) is 7.80. The molecule has 4 heterocycles. The van der Waals surface area contributed by atoms with Crippen LogP contribution in [-0.2, 0) is 33.2 Å². The first kappa shape index (κ1) is 50.4. The van der Waals surface area contributed by atoms with Crippen molar-refractivity contribution in [3.05, 3.63) is 46.1 Å². The van der Waals surface area contributed by atoms with E-state index in [0.717, 1.165) is 17.5 Å². The number of thiazole rings is 1. The fraction of sp³-hybridized carbons (Fsp3) is 0.686. The van der Waals surface area contributed by atoms with Crippen molar-refractivity contribution in [3.8, 4) is 5.75 Å². The molecule has 1 aliphatic carbocycles. The number of nitrogens with two attached hydrogens (primary N) is 5. The molecule has 28 heteroatoms. The highest BCUT2D eigenvalue weighted by atomic mass is 32.1. The van der Waals surface area contributed by atoms with Gasteiger partial charge in [-0.2, -0.15) is 0 Å². The molecular weight excluding hydrogens is 868 g/mol. The number of nitro groups is 1. The van der Waals surface area contributed by atoms with Crippen LogP contribution in [0.4, 0.5) is 10.1 Å². The van der Waals surface area contributed by atoms with E-state index in [1.165, 1.54) is 19.1 Å². The second-order valence-corrected chi connectivity index (χ2v) is 16.0. The van der Waals surface area contributed by atoms with Crippen LogP contribution in [0.15, 0.2) is 30.5 Å². The van der Waals surface area contributed by atoms with Crippen molar-refractivity contribution >= 4 is 33.3 Å². The summed E-state index contributed by atoms with van der Waals surface area (Å²) in [5, 5.41) is 95.2. The predicted octanol–water partition coefficient (Wildman–Crippen LogP) is -6.63. The number of ether oxygens (including phenoxy) is 7. The van der Waals surface area contributed by atoms with Crippen LogP contribution in [0.3, 0.4) is 0 Å². The van der Waals surface area contributed by atoms with Crippen LogP contribution in [0, 0.1) is 10.1 Å². The smallest absolute Gasteiger partial charge is 0.345 e. The summed E-state index contributed by atoms with van der Waals surface area (Å²) in [5.74, 6) is -1.02. The van der Waals surface area contributed by atoms with Gasteiger partial charge in [-0.1, -0.05) is 12.1 Å². The van der Waals surface area contributed by atoms with Gasteiger partial charge < -0.3 is 103 Å². The van der Waals surface area contributed by atoms with E-state index in [4.69, 9.17) is 61.8 Å². The molecule has 6 rings (SSSR count). The van der Waals surface area contributed by atoms with Crippen molar-refractivity contribution in [2.24, 2.45) is 28.7 Å². The SMILES string of the molecule is CC(=O)Oc1ccccc1C(=O)Nc1ncc([N+](=O)[O-])s1.NC[C@@H]1O[C@H](O[C@H]2[C@@H](O)[C@H](O[C@@H]3[C@@H](O)[C@H](N)C[C@H](N)[C@H]3O[C@H]3O[C@H](CO)[C@@H](O)[C@H](O)[C@H]3N)O[C@@H]2CO)[C@H](N)[C@@H](O)[C@@H]1O. The standard InChI is InChI=1S/C23H45N5O14.C12H9N3O5S/c24-2-7-13(32)15(34)10(27)21(37-7)41-19-9(4-30)39-23(17(19)36)42-20-12(31)5(25)1-6(26)18(20)40-22-11(28)16(35)14(33)8(3-29)38-22;1-7(16)20-9-5-3-2-4-8(9)11(17)14-12-13-6-10(21-12)15(18)19/h5-23,29-36H,1-4,24-28H2;2-6H,1H3,(H,13,14,17)/t5-,6+,7+,8-,9-,10-,11-,12+,13-,14-,15-,16-,17-,18-,19-,20-,21-,22-,23+;/m1./s1. The summed E-state index contributed by atoms with van der Waals surface area (Å²) in [6.07, 6.45) is -19.4. The number of nitrogens with one attached hydrogen (secondary N) is 1. The van der Waals surface area contributed by atoms with E-state index in [-0.39, 0.29) is 34.4 Å². The third-order valence-electron chi connectivity index (χ3n) is 10.6. The minimum absolute atomic E-state index is 0.0642. The number of aliphatic hydroxyl groups excluding tert-OH is 8. The lowest BCUT2D eigenvalue weighted by molar-refractivity contribution is -0.380. The van der Waals surface area contributed by atoms with Gasteiger partial charge in [0.1, 0.15) is 79.1 Å². The number of rotatable bonds is 13.